The SMILES string of the molecule is CC(=O)Oc1cccc(NC(=O)Cc2nn(-c3ccccc3)c(NC(=O)NS(=O)(=O)c3ccc(Cl)cc3)c2C#N)c1. The van der Waals surface area contributed by atoms with Crippen LogP contribution in [0.25, 0.3) is 5.69 Å². The highest BCUT2D eigenvalue weighted by Crippen LogP contribution is 2.25. The number of amides is 3. The maximum Gasteiger partial charge on any atom is 0.334 e. The van der Waals surface area contributed by atoms with E-state index in [0.29, 0.717) is 16.4 Å². The molecule has 0 saturated carbocycles. The Morgan fingerprint density at radius 1 is 1.00 bits per heavy atom. The Labute approximate surface area is 239 Å². The Morgan fingerprint density at radius 2 is 1.71 bits per heavy atom. The number of nitriles is 1. The molecule has 0 unspecified atom stereocenters. The summed E-state index contributed by atoms with van der Waals surface area (Å²) in [6.45, 7) is 1.25. The normalized spacial score (nSPS) is 10.8. The second kappa shape index (κ2) is 12.3. The molecule has 3 amide bonds. The van der Waals surface area contributed by atoms with E-state index in [-0.39, 0.29) is 34.1 Å². The largest absolute Gasteiger partial charge is 0.427 e. The smallest absolute Gasteiger partial charge is 0.334 e. The molecule has 41 heavy (non-hydrogen) atoms. The number of nitrogens with one attached hydrogen (secondary N) is 3. The minimum atomic E-state index is -4.28. The number of para-hydroxylation sites is 1. The van der Waals surface area contributed by atoms with Crippen LogP contribution in [0.3, 0.4) is 0 Å². The van der Waals surface area contributed by atoms with Gasteiger partial charge in [-0.25, -0.2) is 22.6 Å². The lowest BCUT2D eigenvalue weighted by molar-refractivity contribution is -0.131. The van der Waals surface area contributed by atoms with Crippen molar-refractivity contribution in [3.05, 3.63) is 95.1 Å². The summed E-state index contributed by atoms with van der Waals surface area (Å²) in [5, 5.41) is 19.6. The first-order valence-electron chi connectivity index (χ1n) is 11.8. The van der Waals surface area contributed by atoms with Crippen LogP contribution in [0.15, 0.2) is 83.8 Å². The van der Waals surface area contributed by atoms with Crippen molar-refractivity contribution in [1.82, 2.24) is 14.5 Å². The number of ether oxygens (including phenoxy) is 1. The molecule has 0 aliphatic heterocycles. The van der Waals surface area contributed by atoms with E-state index in [2.05, 4.69) is 15.7 Å². The highest BCUT2D eigenvalue weighted by molar-refractivity contribution is 7.90. The molecular formula is C27H21ClN6O6S. The van der Waals surface area contributed by atoms with E-state index in [4.69, 9.17) is 16.3 Å². The summed E-state index contributed by atoms with van der Waals surface area (Å²) < 4.78 is 33.5. The van der Waals surface area contributed by atoms with Crippen LogP contribution in [0.2, 0.25) is 5.02 Å². The number of halogens is 1. The van der Waals surface area contributed by atoms with Gasteiger partial charge >= 0.3 is 12.0 Å². The number of nitrogens with zero attached hydrogens (tertiary/aromatic N) is 3. The number of rotatable bonds is 8. The molecule has 0 aliphatic rings. The molecule has 4 rings (SSSR count). The molecular weight excluding hydrogens is 572 g/mol. The minimum Gasteiger partial charge on any atom is -0.427 e. The molecule has 0 bridgehead atoms. The molecule has 3 aromatic carbocycles. The van der Waals surface area contributed by atoms with Crippen LogP contribution in [0.4, 0.5) is 16.3 Å². The van der Waals surface area contributed by atoms with E-state index >= 15 is 0 Å². The van der Waals surface area contributed by atoms with E-state index in [1.807, 2.05) is 10.8 Å². The predicted molar refractivity (Wildman–Crippen MR) is 149 cm³/mol. The number of benzene rings is 3. The zero-order valence-corrected chi connectivity index (χ0v) is 22.9. The van der Waals surface area contributed by atoms with Gasteiger partial charge in [0.1, 0.15) is 17.4 Å². The number of hydrogen-bond donors (Lipinski definition) is 3. The summed E-state index contributed by atoms with van der Waals surface area (Å²) in [5.41, 5.74) is 0.623. The average molecular weight is 593 g/mol. The van der Waals surface area contributed by atoms with Gasteiger partial charge in [-0.2, -0.15) is 10.4 Å². The lowest BCUT2D eigenvalue weighted by atomic mass is 10.2. The van der Waals surface area contributed by atoms with Crippen LogP contribution in [0.5, 0.6) is 5.75 Å². The third-order valence-electron chi connectivity index (χ3n) is 5.36. The molecule has 0 saturated heterocycles. The van der Waals surface area contributed by atoms with Gasteiger partial charge in [0.2, 0.25) is 5.91 Å². The zero-order chi connectivity index (χ0) is 29.6. The first-order valence-corrected chi connectivity index (χ1v) is 13.7. The molecule has 0 atom stereocenters. The third kappa shape index (κ3) is 7.27. The van der Waals surface area contributed by atoms with E-state index in [0.717, 1.165) is 0 Å². The first-order chi connectivity index (χ1) is 19.6. The third-order valence-corrected chi connectivity index (χ3v) is 6.96. The highest BCUT2D eigenvalue weighted by atomic mass is 35.5. The fourth-order valence-electron chi connectivity index (χ4n) is 3.66. The number of carbonyl (C=O) groups is 3. The van der Waals surface area contributed by atoms with Crippen molar-refractivity contribution in [2.45, 2.75) is 18.2 Å². The molecule has 0 aliphatic carbocycles. The fourth-order valence-corrected chi connectivity index (χ4v) is 4.70. The van der Waals surface area contributed by atoms with Crippen LogP contribution in [0, 0.1) is 11.3 Å². The summed E-state index contributed by atoms with van der Waals surface area (Å²) in [6.07, 6.45) is -0.375. The van der Waals surface area contributed by atoms with Gasteiger partial charge in [-0.1, -0.05) is 35.9 Å². The summed E-state index contributed by atoms with van der Waals surface area (Å²) in [6, 6.07) is 20.5. The van der Waals surface area contributed by atoms with Gasteiger partial charge in [-0.3, -0.25) is 14.9 Å². The van der Waals surface area contributed by atoms with Crippen molar-refractivity contribution in [2.24, 2.45) is 0 Å². The monoisotopic (exact) mass is 592 g/mol. The van der Waals surface area contributed by atoms with Crippen molar-refractivity contribution >= 4 is 51.0 Å². The maximum absolute atomic E-state index is 12.9. The van der Waals surface area contributed by atoms with Crippen molar-refractivity contribution in [1.29, 1.82) is 5.26 Å². The topological polar surface area (TPSA) is 172 Å². The Bertz CT molecular complexity index is 1770. The number of urea groups is 1. The molecule has 12 nitrogen and oxygen atoms in total. The van der Waals surface area contributed by atoms with Gasteiger partial charge in [0.25, 0.3) is 10.0 Å². The average Bonchev–Trinajstić information content (AvgIpc) is 3.24. The van der Waals surface area contributed by atoms with Crippen molar-refractivity contribution in [3.8, 4) is 17.5 Å². The summed E-state index contributed by atoms with van der Waals surface area (Å²) in [7, 11) is -4.28. The van der Waals surface area contributed by atoms with Gasteiger partial charge in [0, 0.05) is 23.7 Å². The minimum absolute atomic E-state index is 0.0147. The van der Waals surface area contributed by atoms with Gasteiger partial charge in [-0.05, 0) is 48.5 Å². The van der Waals surface area contributed by atoms with Gasteiger partial charge in [0.05, 0.1) is 22.7 Å². The van der Waals surface area contributed by atoms with Crippen LogP contribution in [-0.2, 0) is 26.0 Å². The second-order valence-electron chi connectivity index (χ2n) is 8.39. The predicted octanol–water partition coefficient (Wildman–Crippen LogP) is 4.01. The molecule has 1 aromatic heterocycles. The molecule has 4 aromatic rings. The second-order valence-corrected chi connectivity index (χ2v) is 10.5. The van der Waals surface area contributed by atoms with Gasteiger partial charge < -0.3 is 10.1 Å². The highest BCUT2D eigenvalue weighted by Gasteiger charge is 2.25. The molecule has 208 valence electrons. The number of carbonyl (C=O) groups excluding carboxylic acids is 3. The summed E-state index contributed by atoms with van der Waals surface area (Å²) >= 11 is 5.81. The summed E-state index contributed by atoms with van der Waals surface area (Å²) in [5.74, 6) is -1.00. The number of esters is 1. The lowest BCUT2D eigenvalue weighted by Gasteiger charge is -2.11. The first kappa shape index (κ1) is 28.8. The van der Waals surface area contributed by atoms with Crippen molar-refractivity contribution in [3.63, 3.8) is 0 Å². The number of sulfonamides is 1. The number of aromatic nitrogens is 2. The Hall–Kier alpha value is -5.19. The number of anilines is 2. The Balaban J connectivity index is 1.61. The molecule has 14 heteroatoms. The summed E-state index contributed by atoms with van der Waals surface area (Å²) in [4.78, 5) is 36.7. The van der Waals surface area contributed by atoms with E-state index < -0.39 is 27.9 Å². The maximum atomic E-state index is 12.9. The van der Waals surface area contributed by atoms with Gasteiger partial charge in [0.15, 0.2) is 5.82 Å². The van der Waals surface area contributed by atoms with Crippen molar-refractivity contribution in [2.75, 3.05) is 10.6 Å². The molecule has 3 N–H and O–H groups in total. The van der Waals surface area contributed by atoms with Crippen LogP contribution in [-0.4, -0.2) is 36.1 Å². The zero-order valence-electron chi connectivity index (χ0n) is 21.3. The van der Waals surface area contributed by atoms with E-state index in [9.17, 15) is 28.1 Å². The molecule has 0 radical (unpaired) electrons. The van der Waals surface area contributed by atoms with E-state index in [1.54, 1.807) is 48.5 Å². The Morgan fingerprint density at radius 3 is 2.37 bits per heavy atom. The van der Waals surface area contributed by atoms with Crippen molar-refractivity contribution < 1.29 is 27.5 Å². The Kier molecular flexibility index (Phi) is 8.66. The molecule has 0 spiro atoms. The van der Waals surface area contributed by atoms with Crippen LogP contribution in [0.1, 0.15) is 18.2 Å². The molecule has 1 heterocycles. The van der Waals surface area contributed by atoms with Gasteiger partial charge in [-0.15, -0.1) is 0 Å². The molecule has 0 fully saturated rings. The van der Waals surface area contributed by atoms with Crippen LogP contribution < -0.4 is 20.1 Å². The number of hydrogen-bond acceptors (Lipinski definition) is 8. The van der Waals surface area contributed by atoms with E-state index in [1.165, 1.54) is 41.9 Å². The fraction of sp³-hybridized carbons (Fsp3) is 0.0741. The van der Waals surface area contributed by atoms with Crippen LogP contribution >= 0.6 is 11.6 Å². The quantitative estimate of drug-likeness (QED) is 0.203. The lowest BCUT2D eigenvalue weighted by Crippen LogP contribution is -2.35. The standard InChI is InChI=1S/C27H21ClN6O6S/c1-17(35)40-21-9-5-6-19(14-21)30-25(36)15-24-23(16-29)26(34(32-24)20-7-3-2-4-8-20)31-27(37)33-41(38,39)22-12-10-18(28)11-13-22/h2-14H,15H2,1H3,(H,30,36)(H2,31,33,37).